The molecule has 1 aromatic carbocycles. The summed E-state index contributed by atoms with van der Waals surface area (Å²) in [7, 11) is 1.61. The Hall–Kier alpha value is -2.81. The van der Waals surface area contributed by atoms with E-state index < -0.39 is 5.60 Å². The predicted molar refractivity (Wildman–Crippen MR) is 111 cm³/mol. The van der Waals surface area contributed by atoms with Gasteiger partial charge in [-0.3, -0.25) is 9.36 Å². The highest BCUT2D eigenvalue weighted by atomic mass is 32.1. The molecule has 0 bridgehead atoms. The van der Waals surface area contributed by atoms with E-state index in [1.165, 1.54) is 0 Å². The summed E-state index contributed by atoms with van der Waals surface area (Å²) in [6, 6.07) is 7.41. The highest BCUT2D eigenvalue weighted by Crippen LogP contribution is 2.17. The molecule has 2 heterocycles. The number of benzene rings is 1. The van der Waals surface area contributed by atoms with Crippen LogP contribution in [0, 0.1) is 4.77 Å². The maximum Gasteiger partial charge on any atom is 0.410 e. The Kier molecular flexibility index (Phi) is 5.97. The molecule has 0 unspecified atom stereocenters. The molecule has 1 aliphatic rings. The number of carbonyl (C=O) groups is 2. The third-order valence-electron chi connectivity index (χ3n) is 4.52. The molecule has 1 aliphatic heterocycles. The second-order valence-electron chi connectivity index (χ2n) is 7.80. The zero-order valence-corrected chi connectivity index (χ0v) is 17.9. The number of nitrogens with one attached hydrogen (secondary N) is 1. The van der Waals surface area contributed by atoms with Crippen LogP contribution in [0.5, 0.6) is 5.75 Å². The van der Waals surface area contributed by atoms with Gasteiger partial charge in [0, 0.05) is 38.1 Å². The largest absolute Gasteiger partial charge is 0.497 e. The third kappa shape index (κ3) is 4.97. The van der Waals surface area contributed by atoms with Crippen molar-refractivity contribution in [2.24, 2.45) is 0 Å². The number of hydrogen-bond donors (Lipinski definition) is 1. The first-order chi connectivity index (χ1) is 13.7. The van der Waals surface area contributed by atoms with Crippen molar-refractivity contribution in [1.82, 2.24) is 19.4 Å². The van der Waals surface area contributed by atoms with Crippen LogP contribution in [0.25, 0.3) is 5.69 Å². The molecule has 2 amide bonds. The van der Waals surface area contributed by atoms with Gasteiger partial charge in [-0.1, -0.05) is 0 Å². The molecule has 0 atom stereocenters. The molecule has 0 aliphatic carbocycles. The molecule has 8 nitrogen and oxygen atoms in total. The number of methoxy groups -OCH3 is 1. The molecule has 3 rings (SSSR count). The van der Waals surface area contributed by atoms with Gasteiger partial charge in [0.25, 0.3) is 5.91 Å². The summed E-state index contributed by atoms with van der Waals surface area (Å²) in [4.78, 5) is 31.4. The molecule has 2 aromatic rings. The van der Waals surface area contributed by atoms with E-state index in [2.05, 4.69) is 4.98 Å². The number of imidazole rings is 1. The first-order valence-corrected chi connectivity index (χ1v) is 9.82. The molecule has 0 saturated carbocycles. The zero-order chi connectivity index (χ0) is 21.2. The van der Waals surface area contributed by atoms with Gasteiger partial charge in [-0.2, -0.15) is 0 Å². The lowest BCUT2D eigenvalue weighted by Crippen LogP contribution is -2.51. The van der Waals surface area contributed by atoms with Crippen LogP contribution in [-0.4, -0.2) is 70.2 Å². The van der Waals surface area contributed by atoms with Crippen LogP contribution in [0.15, 0.2) is 30.5 Å². The standard InChI is InChI=1S/C20H26N4O4S/c1-20(2,3)28-19(26)23-11-9-22(10-12-23)17(25)16-13-24(18(29)21-16)14-5-7-15(27-4)8-6-14/h5-8,13H,9-12H2,1-4H3,(H,21,29). The van der Waals surface area contributed by atoms with Crippen LogP contribution in [0.4, 0.5) is 4.79 Å². The lowest BCUT2D eigenvalue weighted by molar-refractivity contribution is 0.0140. The summed E-state index contributed by atoms with van der Waals surface area (Å²) in [5, 5.41) is 0. The first kappa shape index (κ1) is 20.9. The summed E-state index contributed by atoms with van der Waals surface area (Å²) < 4.78 is 12.7. The fourth-order valence-electron chi connectivity index (χ4n) is 3.03. The Bertz CT molecular complexity index is 935. The number of aromatic amines is 1. The molecular weight excluding hydrogens is 392 g/mol. The van der Waals surface area contributed by atoms with Crippen molar-refractivity contribution in [3.8, 4) is 11.4 Å². The molecule has 1 N–H and O–H groups in total. The smallest absolute Gasteiger partial charge is 0.410 e. The molecule has 1 saturated heterocycles. The number of hydrogen-bond acceptors (Lipinski definition) is 5. The van der Waals surface area contributed by atoms with Gasteiger partial charge in [0.2, 0.25) is 0 Å². The van der Waals surface area contributed by atoms with E-state index in [1.54, 1.807) is 27.7 Å². The summed E-state index contributed by atoms with van der Waals surface area (Å²) >= 11 is 5.38. The van der Waals surface area contributed by atoms with Crippen molar-refractivity contribution < 1.29 is 19.1 Å². The van der Waals surface area contributed by atoms with Crippen LogP contribution in [-0.2, 0) is 4.74 Å². The van der Waals surface area contributed by atoms with Crippen molar-refractivity contribution in [3.63, 3.8) is 0 Å². The molecular formula is C20H26N4O4S. The minimum atomic E-state index is -0.538. The maximum atomic E-state index is 12.9. The van der Waals surface area contributed by atoms with Gasteiger partial charge in [0.05, 0.1) is 7.11 Å². The van der Waals surface area contributed by atoms with E-state index in [4.69, 9.17) is 21.7 Å². The van der Waals surface area contributed by atoms with Crippen LogP contribution in [0.3, 0.4) is 0 Å². The normalized spacial score (nSPS) is 14.6. The third-order valence-corrected chi connectivity index (χ3v) is 4.82. The Morgan fingerprint density at radius 2 is 1.62 bits per heavy atom. The van der Waals surface area contributed by atoms with E-state index in [0.717, 1.165) is 11.4 Å². The monoisotopic (exact) mass is 418 g/mol. The van der Waals surface area contributed by atoms with Gasteiger partial charge >= 0.3 is 6.09 Å². The van der Waals surface area contributed by atoms with E-state index in [1.807, 2.05) is 45.0 Å². The van der Waals surface area contributed by atoms with Crippen molar-refractivity contribution in [3.05, 3.63) is 40.9 Å². The van der Waals surface area contributed by atoms with Gasteiger partial charge in [-0.15, -0.1) is 0 Å². The van der Waals surface area contributed by atoms with Crippen LogP contribution >= 0.6 is 12.2 Å². The van der Waals surface area contributed by atoms with Gasteiger partial charge in [-0.05, 0) is 57.3 Å². The fourth-order valence-corrected chi connectivity index (χ4v) is 3.30. The minimum Gasteiger partial charge on any atom is -0.497 e. The van der Waals surface area contributed by atoms with E-state index in [0.29, 0.717) is 36.6 Å². The summed E-state index contributed by atoms with van der Waals surface area (Å²) in [6.45, 7) is 7.24. The maximum absolute atomic E-state index is 12.9. The molecule has 29 heavy (non-hydrogen) atoms. The lowest BCUT2D eigenvalue weighted by atomic mass is 10.2. The highest BCUT2D eigenvalue weighted by molar-refractivity contribution is 7.71. The molecule has 0 radical (unpaired) electrons. The lowest BCUT2D eigenvalue weighted by Gasteiger charge is -2.35. The average molecular weight is 419 g/mol. The molecule has 9 heteroatoms. The second-order valence-corrected chi connectivity index (χ2v) is 8.19. The van der Waals surface area contributed by atoms with E-state index in [9.17, 15) is 9.59 Å². The second kappa shape index (κ2) is 8.28. The Labute approximate surface area is 175 Å². The SMILES string of the molecule is COc1ccc(-n2cc(C(=O)N3CCN(C(=O)OC(C)(C)C)CC3)[nH]c2=S)cc1. The molecule has 0 spiro atoms. The number of ether oxygens (including phenoxy) is 2. The van der Waals surface area contributed by atoms with E-state index in [-0.39, 0.29) is 12.0 Å². The van der Waals surface area contributed by atoms with Gasteiger partial charge < -0.3 is 24.3 Å². The molecule has 1 aromatic heterocycles. The minimum absolute atomic E-state index is 0.146. The Morgan fingerprint density at radius 3 is 2.17 bits per heavy atom. The Morgan fingerprint density at radius 1 is 1.03 bits per heavy atom. The number of piperazine rings is 1. The van der Waals surface area contributed by atoms with Gasteiger partial charge in [0.15, 0.2) is 4.77 Å². The van der Waals surface area contributed by atoms with Gasteiger partial charge in [0.1, 0.15) is 17.0 Å². The van der Waals surface area contributed by atoms with Crippen LogP contribution in [0.1, 0.15) is 31.3 Å². The number of carbonyl (C=O) groups excluding carboxylic acids is 2. The number of rotatable bonds is 3. The first-order valence-electron chi connectivity index (χ1n) is 9.41. The number of H-pyrrole nitrogens is 1. The number of aromatic nitrogens is 2. The highest BCUT2D eigenvalue weighted by Gasteiger charge is 2.28. The van der Waals surface area contributed by atoms with Crippen molar-refractivity contribution >= 4 is 24.2 Å². The summed E-state index contributed by atoms with van der Waals surface area (Å²) in [5.41, 5.74) is 0.709. The molecule has 1 fully saturated rings. The topological polar surface area (TPSA) is 79.8 Å². The van der Waals surface area contributed by atoms with Crippen LogP contribution < -0.4 is 4.74 Å². The summed E-state index contributed by atoms with van der Waals surface area (Å²) in [6.07, 6.45) is 1.35. The van der Waals surface area contributed by atoms with Crippen LogP contribution in [0.2, 0.25) is 0 Å². The van der Waals surface area contributed by atoms with E-state index >= 15 is 0 Å². The van der Waals surface area contributed by atoms with Crippen molar-refractivity contribution in [2.45, 2.75) is 26.4 Å². The number of nitrogens with zero attached hydrogens (tertiary/aromatic N) is 3. The fraction of sp³-hybridized carbons (Fsp3) is 0.450. The summed E-state index contributed by atoms with van der Waals surface area (Å²) in [5.74, 6) is 0.599. The number of amides is 2. The molecule has 156 valence electrons. The van der Waals surface area contributed by atoms with Gasteiger partial charge in [-0.25, -0.2) is 4.79 Å². The predicted octanol–water partition coefficient (Wildman–Crippen LogP) is 3.24. The van der Waals surface area contributed by atoms with Crippen molar-refractivity contribution in [2.75, 3.05) is 33.3 Å². The van der Waals surface area contributed by atoms with Crippen molar-refractivity contribution in [1.29, 1.82) is 0 Å². The quantitative estimate of drug-likeness (QED) is 0.774. The zero-order valence-electron chi connectivity index (χ0n) is 17.1. The Balaban J connectivity index is 1.66. The average Bonchev–Trinajstić information content (AvgIpc) is 3.08.